The molecule has 2 heterocycles. The lowest BCUT2D eigenvalue weighted by Gasteiger charge is -2.30. The van der Waals surface area contributed by atoms with Crippen LogP contribution < -0.4 is 0 Å². The van der Waals surface area contributed by atoms with E-state index in [9.17, 15) is 4.79 Å². The summed E-state index contributed by atoms with van der Waals surface area (Å²) in [6.45, 7) is 1.45. The highest BCUT2D eigenvalue weighted by atomic mass is 35.5. The van der Waals surface area contributed by atoms with Gasteiger partial charge >= 0.3 is 0 Å². The SMILES string of the molecule is COC1CCN(C(=O)c2csc(-c3ccc(Cl)cc3)n2)CC1. The molecule has 1 saturated heterocycles. The van der Waals surface area contributed by atoms with Crippen molar-refractivity contribution in [2.24, 2.45) is 0 Å². The number of amides is 1. The molecule has 4 nitrogen and oxygen atoms in total. The number of carbonyl (C=O) groups excluding carboxylic acids is 1. The maximum atomic E-state index is 12.5. The average molecular weight is 337 g/mol. The number of piperidine rings is 1. The molecule has 0 aliphatic carbocycles. The predicted octanol–water partition coefficient (Wildman–Crippen LogP) is 3.71. The van der Waals surface area contributed by atoms with Crippen molar-refractivity contribution in [3.05, 3.63) is 40.4 Å². The van der Waals surface area contributed by atoms with Gasteiger partial charge in [-0.25, -0.2) is 4.98 Å². The van der Waals surface area contributed by atoms with Gasteiger partial charge in [-0.15, -0.1) is 11.3 Å². The maximum Gasteiger partial charge on any atom is 0.273 e. The van der Waals surface area contributed by atoms with Gasteiger partial charge in [0.25, 0.3) is 5.91 Å². The maximum absolute atomic E-state index is 12.5. The van der Waals surface area contributed by atoms with Crippen LogP contribution in [0.15, 0.2) is 29.6 Å². The Hall–Kier alpha value is -1.43. The summed E-state index contributed by atoms with van der Waals surface area (Å²) in [5.41, 5.74) is 1.50. The van der Waals surface area contributed by atoms with Gasteiger partial charge in [-0.2, -0.15) is 0 Å². The molecule has 3 rings (SSSR count). The highest BCUT2D eigenvalue weighted by Gasteiger charge is 2.25. The third kappa shape index (κ3) is 3.32. The van der Waals surface area contributed by atoms with Gasteiger partial charge in [0.1, 0.15) is 10.7 Å². The van der Waals surface area contributed by atoms with Crippen molar-refractivity contribution in [3.8, 4) is 10.6 Å². The highest BCUT2D eigenvalue weighted by molar-refractivity contribution is 7.13. The van der Waals surface area contributed by atoms with Crippen LogP contribution in [0.5, 0.6) is 0 Å². The molecular weight excluding hydrogens is 320 g/mol. The number of ether oxygens (including phenoxy) is 1. The molecule has 1 aliphatic rings. The lowest BCUT2D eigenvalue weighted by molar-refractivity contribution is 0.0348. The Kier molecular flexibility index (Phi) is 4.76. The molecule has 1 aromatic heterocycles. The summed E-state index contributed by atoms with van der Waals surface area (Å²) in [6, 6.07) is 7.49. The van der Waals surface area contributed by atoms with Crippen LogP contribution in [0.1, 0.15) is 23.3 Å². The van der Waals surface area contributed by atoms with E-state index in [1.54, 1.807) is 7.11 Å². The summed E-state index contributed by atoms with van der Waals surface area (Å²) in [7, 11) is 1.72. The monoisotopic (exact) mass is 336 g/mol. The number of aromatic nitrogens is 1. The number of hydrogen-bond donors (Lipinski definition) is 0. The van der Waals surface area contributed by atoms with Crippen LogP contribution in [0.25, 0.3) is 10.6 Å². The largest absolute Gasteiger partial charge is 0.381 e. The number of nitrogens with zero attached hydrogens (tertiary/aromatic N) is 2. The smallest absolute Gasteiger partial charge is 0.273 e. The van der Waals surface area contributed by atoms with Crippen molar-refractivity contribution in [1.82, 2.24) is 9.88 Å². The highest BCUT2D eigenvalue weighted by Crippen LogP contribution is 2.26. The van der Waals surface area contributed by atoms with E-state index in [1.807, 2.05) is 34.5 Å². The Morgan fingerprint density at radius 3 is 2.64 bits per heavy atom. The van der Waals surface area contributed by atoms with Gasteiger partial charge in [0.2, 0.25) is 0 Å². The van der Waals surface area contributed by atoms with Gasteiger partial charge in [0.05, 0.1) is 6.10 Å². The van der Waals surface area contributed by atoms with Gasteiger partial charge < -0.3 is 9.64 Å². The summed E-state index contributed by atoms with van der Waals surface area (Å²) in [5, 5.41) is 3.36. The molecular formula is C16H17ClN2O2S. The third-order valence-electron chi connectivity index (χ3n) is 3.88. The predicted molar refractivity (Wildman–Crippen MR) is 88.5 cm³/mol. The van der Waals surface area contributed by atoms with Crippen molar-refractivity contribution in [1.29, 1.82) is 0 Å². The van der Waals surface area contributed by atoms with Crippen molar-refractivity contribution in [2.75, 3.05) is 20.2 Å². The van der Waals surface area contributed by atoms with Crippen LogP contribution >= 0.6 is 22.9 Å². The zero-order valence-corrected chi connectivity index (χ0v) is 13.9. The minimum Gasteiger partial charge on any atom is -0.381 e. The molecule has 22 heavy (non-hydrogen) atoms. The minimum absolute atomic E-state index is 0.00557. The molecule has 0 bridgehead atoms. The normalized spacial score (nSPS) is 16.0. The van der Waals surface area contributed by atoms with Crippen LogP contribution in [0.4, 0.5) is 0 Å². The fraction of sp³-hybridized carbons (Fsp3) is 0.375. The molecule has 0 atom stereocenters. The second-order valence-corrected chi connectivity index (χ2v) is 6.57. The van der Waals surface area contributed by atoms with E-state index >= 15 is 0 Å². The van der Waals surface area contributed by atoms with Gasteiger partial charge in [0.15, 0.2) is 0 Å². The number of hydrogen-bond acceptors (Lipinski definition) is 4. The molecule has 2 aromatic rings. The summed E-state index contributed by atoms with van der Waals surface area (Å²) >= 11 is 7.37. The van der Waals surface area contributed by atoms with E-state index in [4.69, 9.17) is 16.3 Å². The first-order valence-corrected chi connectivity index (χ1v) is 8.46. The van der Waals surface area contributed by atoms with E-state index < -0.39 is 0 Å². The van der Waals surface area contributed by atoms with Crippen LogP contribution in [0.2, 0.25) is 5.02 Å². The molecule has 1 aliphatic heterocycles. The van der Waals surface area contributed by atoms with E-state index in [-0.39, 0.29) is 12.0 Å². The first kappa shape index (κ1) is 15.5. The van der Waals surface area contributed by atoms with E-state index in [2.05, 4.69) is 4.98 Å². The molecule has 1 aromatic carbocycles. The van der Waals surface area contributed by atoms with E-state index in [0.717, 1.165) is 36.5 Å². The number of halogens is 1. The van der Waals surface area contributed by atoms with E-state index in [1.165, 1.54) is 11.3 Å². The first-order chi connectivity index (χ1) is 10.7. The van der Waals surface area contributed by atoms with Crippen molar-refractivity contribution >= 4 is 28.8 Å². The lowest BCUT2D eigenvalue weighted by atomic mass is 10.1. The Labute approximate surface area is 138 Å². The lowest BCUT2D eigenvalue weighted by Crippen LogP contribution is -2.40. The van der Waals surface area contributed by atoms with Gasteiger partial charge in [-0.3, -0.25) is 4.79 Å². The van der Waals surface area contributed by atoms with Gasteiger partial charge in [0, 0.05) is 36.2 Å². The zero-order chi connectivity index (χ0) is 15.5. The summed E-state index contributed by atoms with van der Waals surface area (Å²) < 4.78 is 5.33. The number of benzene rings is 1. The molecule has 1 fully saturated rings. The molecule has 0 spiro atoms. The van der Waals surface area contributed by atoms with Crippen molar-refractivity contribution in [2.45, 2.75) is 18.9 Å². The quantitative estimate of drug-likeness (QED) is 0.858. The van der Waals surface area contributed by atoms with Crippen LogP contribution in [-0.2, 0) is 4.74 Å². The fourth-order valence-corrected chi connectivity index (χ4v) is 3.48. The fourth-order valence-electron chi connectivity index (χ4n) is 2.55. The van der Waals surface area contributed by atoms with Crippen LogP contribution in [0.3, 0.4) is 0 Å². The second kappa shape index (κ2) is 6.77. The van der Waals surface area contributed by atoms with Crippen LogP contribution in [0, 0.1) is 0 Å². The molecule has 0 N–H and O–H groups in total. The summed E-state index contributed by atoms with van der Waals surface area (Å²) in [5.74, 6) is 0.00557. The minimum atomic E-state index is 0.00557. The molecule has 0 radical (unpaired) electrons. The Balaban J connectivity index is 1.71. The molecule has 116 valence electrons. The average Bonchev–Trinajstić information content (AvgIpc) is 3.05. The second-order valence-electron chi connectivity index (χ2n) is 5.27. The van der Waals surface area contributed by atoms with Gasteiger partial charge in [-0.1, -0.05) is 23.7 Å². The third-order valence-corrected chi connectivity index (χ3v) is 5.02. The molecule has 0 saturated carbocycles. The number of methoxy groups -OCH3 is 1. The number of carbonyl (C=O) groups is 1. The van der Waals surface area contributed by atoms with Crippen LogP contribution in [-0.4, -0.2) is 42.1 Å². The standard InChI is InChI=1S/C16H17ClN2O2S/c1-21-13-6-8-19(9-7-13)16(20)14-10-22-15(18-14)11-2-4-12(17)5-3-11/h2-5,10,13H,6-9H2,1H3. The summed E-state index contributed by atoms with van der Waals surface area (Å²) in [6.07, 6.45) is 2.04. The van der Waals surface area contributed by atoms with Crippen molar-refractivity contribution in [3.63, 3.8) is 0 Å². The molecule has 1 amide bonds. The molecule has 0 unspecified atom stereocenters. The topological polar surface area (TPSA) is 42.4 Å². The number of thiazole rings is 1. The van der Waals surface area contributed by atoms with E-state index in [0.29, 0.717) is 10.7 Å². The Bertz CT molecular complexity index is 648. The number of rotatable bonds is 3. The summed E-state index contributed by atoms with van der Waals surface area (Å²) in [4.78, 5) is 18.8. The Morgan fingerprint density at radius 2 is 2.00 bits per heavy atom. The molecule has 6 heteroatoms. The zero-order valence-electron chi connectivity index (χ0n) is 12.3. The number of likely N-dealkylation sites (tertiary alicyclic amines) is 1. The van der Waals surface area contributed by atoms with Crippen molar-refractivity contribution < 1.29 is 9.53 Å². The first-order valence-electron chi connectivity index (χ1n) is 7.21. The van der Waals surface area contributed by atoms with Gasteiger partial charge in [-0.05, 0) is 25.0 Å². The Morgan fingerprint density at radius 1 is 1.32 bits per heavy atom.